The molecule has 3 aromatic heterocycles. The zero-order valence-electron chi connectivity index (χ0n) is 19.5. The summed E-state index contributed by atoms with van der Waals surface area (Å²) in [7, 11) is 0. The SMILES string of the molecule is CCOC(=O)Cn1nnnc1[C@H](CC)N(Cc1ccco1)Cc1cc2cc(C)ccc2[nH]c1=O. The molecule has 0 fully saturated rings. The molecular formula is C24H28N6O4. The number of hydrogen-bond donors (Lipinski definition) is 1. The highest BCUT2D eigenvalue weighted by molar-refractivity contribution is 5.79. The number of benzene rings is 1. The van der Waals surface area contributed by atoms with Crippen molar-refractivity contribution >= 4 is 16.9 Å². The number of carbonyl (C=O) groups is 1. The topological polar surface area (TPSA) is 119 Å². The van der Waals surface area contributed by atoms with Crippen LogP contribution in [0.15, 0.2) is 51.9 Å². The number of hydrogen-bond acceptors (Lipinski definition) is 8. The minimum absolute atomic E-state index is 0.0862. The zero-order valence-corrected chi connectivity index (χ0v) is 19.5. The second-order valence-electron chi connectivity index (χ2n) is 8.12. The number of aryl methyl sites for hydroxylation is 1. The lowest BCUT2D eigenvalue weighted by Gasteiger charge is -2.29. The molecule has 0 bridgehead atoms. The number of tetrazole rings is 1. The van der Waals surface area contributed by atoms with Crippen LogP contribution in [0.3, 0.4) is 0 Å². The molecule has 1 atom stereocenters. The van der Waals surface area contributed by atoms with Crippen molar-refractivity contribution in [1.29, 1.82) is 0 Å². The van der Waals surface area contributed by atoms with Gasteiger partial charge in [0, 0.05) is 17.6 Å². The van der Waals surface area contributed by atoms with Gasteiger partial charge in [-0.15, -0.1) is 5.10 Å². The summed E-state index contributed by atoms with van der Waals surface area (Å²) in [6, 6.07) is 11.3. The maximum atomic E-state index is 12.9. The molecule has 3 heterocycles. The van der Waals surface area contributed by atoms with Crippen LogP contribution < -0.4 is 5.56 Å². The van der Waals surface area contributed by atoms with Crippen molar-refractivity contribution < 1.29 is 13.9 Å². The average Bonchev–Trinajstić information content (AvgIpc) is 3.48. The van der Waals surface area contributed by atoms with Crippen molar-refractivity contribution in [3.63, 3.8) is 0 Å². The number of ether oxygens (including phenoxy) is 1. The first-order valence-corrected chi connectivity index (χ1v) is 11.3. The standard InChI is InChI=1S/C24H28N6O4/c1-4-21(23-26-27-28-30(23)15-22(31)33-5-2)29(14-19-7-6-10-34-19)13-18-12-17-11-16(3)8-9-20(17)25-24(18)32/h6-12,21H,4-5,13-15H2,1-3H3,(H,25,32)/t21-/m0/s1. The monoisotopic (exact) mass is 464 g/mol. The molecule has 0 radical (unpaired) electrons. The van der Waals surface area contributed by atoms with Crippen LogP contribution in [0, 0.1) is 6.92 Å². The second-order valence-corrected chi connectivity index (χ2v) is 8.12. The van der Waals surface area contributed by atoms with Crippen molar-refractivity contribution in [1.82, 2.24) is 30.1 Å². The van der Waals surface area contributed by atoms with E-state index in [0.29, 0.717) is 30.9 Å². The molecule has 34 heavy (non-hydrogen) atoms. The fraction of sp³-hybridized carbons (Fsp3) is 0.375. The Labute approximate surface area is 196 Å². The first-order chi connectivity index (χ1) is 16.5. The van der Waals surface area contributed by atoms with E-state index in [1.807, 2.05) is 50.2 Å². The largest absolute Gasteiger partial charge is 0.468 e. The van der Waals surface area contributed by atoms with Crippen molar-refractivity contribution in [3.05, 3.63) is 75.7 Å². The Morgan fingerprint density at radius 3 is 2.82 bits per heavy atom. The van der Waals surface area contributed by atoms with Gasteiger partial charge >= 0.3 is 5.97 Å². The number of esters is 1. The number of rotatable bonds is 10. The Kier molecular flexibility index (Phi) is 7.17. The van der Waals surface area contributed by atoms with Gasteiger partial charge < -0.3 is 14.1 Å². The van der Waals surface area contributed by atoms with Gasteiger partial charge in [-0.05, 0) is 66.4 Å². The average molecular weight is 465 g/mol. The first-order valence-electron chi connectivity index (χ1n) is 11.3. The van der Waals surface area contributed by atoms with Gasteiger partial charge in [0.05, 0.1) is 25.5 Å². The molecule has 0 aliphatic carbocycles. The third-order valence-corrected chi connectivity index (χ3v) is 5.66. The van der Waals surface area contributed by atoms with E-state index in [9.17, 15) is 9.59 Å². The zero-order chi connectivity index (χ0) is 24.1. The number of nitrogens with one attached hydrogen (secondary N) is 1. The molecular weight excluding hydrogens is 436 g/mol. The third kappa shape index (κ3) is 5.23. The molecule has 0 saturated heterocycles. The van der Waals surface area contributed by atoms with Gasteiger partial charge in [0.2, 0.25) is 0 Å². The molecule has 4 aromatic rings. The van der Waals surface area contributed by atoms with E-state index in [1.165, 1.54) is 4.68 Å². The number of aromatic nitrogens is 5. The van der Waals surface area contributed by atoms with Gasteiger partial charge in [-0.2, -0.15) is 0 Å². The van der Waals surface area contributed by atoms with Crippen LogP contribution in [0.5, 0.6) is 0 Å². The molecule has 0 unspecified atom stereocenters. The molecule has 0 aliphatic heterocycles. The highest BCUT2D eigenvalue weighted by atomic mass is 16.5. The summed E-state index contributed by atoms with van der Waals surface area (Å²) in [5.41, 5.74) is 2.37. The number of fused-ring (bicyclic) bond motifs is 1. The van der Waals surface area contributed by atoms with Crippen LogP contribution >= 0.6 is 0 Å². The molecule has 1 aromatic carbocycles. The maximum Gasteiger partial charge on any atom is 0.327 e. The van der Waals surface area contributed by atoms with E-state index in [1.54, 1.807) is 13.2 Å². The summed E-state index contributed by atoms with van der Waals surface area (Å²) in [6.07, 6.45) is 2.26. The number of aromatic amines is 1. The molecule has 0 saturated carbocycles. The number of furan rings is 1. The van der Waals surface area contributed by atoms with Crippen molar-refractivity contribution in [2.45, 2.75) is 52.9 Å². The quantitative estimate of drug-likeness (QED) is 0.356. The van der Waals surface area contributed by atoms with Crippen LogP contribution in [0.25, 0.3) is 10.9 Å². The Morgan fingerprint density at radius 1 is 1.24 bits per heavy atom. The summed E-state index contributed by atoms with van der Waals surface area (Å²) in [6.45, 7) is 6.75. The van der Waals surface area contributed by atoms with Crippen LogP contribution in [-0.2, 0) is 29.2 Å². The highest BCUT2D eigenvalue weighted by Gasteiger charge is 2.27. The Morgan fingerprint density at radius 2 is 2.09 bits per heavy atom. The molecule has 1 N–H and O–H groups in total. The minimum atomic E-state index is -0.412. The van der Waals surface area contributed by atoms with Crippen LogP contribution in [0.4, 0.5) is 0 Å². The molecule has 0 aliphatic rings. The van der Waals surface area contributed by atoms with Crippen molar-refractivity contribution in [2.75, 3.05) is 6.61 Å². The smallest absolute Gasteiger partial charge is 0.327 e. The van der Waals surface area contributed by atoms with Gasteiger partial charge in [-0.25, -0.2) is 4.68 Å². The summed E-state index contributed by atoms with van der Waals surface area (Å²) in [4.78, 5) is 30.1. The maximum absolute atomic E-state index is 12.9. The molecule has 10 nitrogen and oxygen atoms in total. The van der Waals surface area contributed by atoms with Gasteiger partial charge in [-0.1, -0.05) is 18.6 Å². The molecule has 10 heteroatoms. The fourth-order valence-corrected chi connectivity index (χ4v) is 4.08. The van der Waals surface area contributed by atoms with E-state index in [0.717, 1.165) is 22.2 Å². The lowest BCUT2D eigenvalue weighted by molar-refractivity contribution is -0.144. The Balaban J connectivity index is 1.70. The number of carbonyl (C=O) groups excluding carboxylic acids is 1. The van der Waals surface area contributed by atoms with Gasteiger partial charge in [0.1, 0.15) is 12.3 Å². The number of H-pyrrole nitrogens is 1. The van der Waals surface area contributed by atoms with Gasteiger partial charge in [0.25, 0.3) is 5.56 Å². The van der Waals surface area contributed by atoms with E-state index in [4.69, 9.17) is 9.15 Å². The fourth-order valence-electron chi connectivity index (χ4n) is 4.08. The lowest BCUT2D eigenvalue weighted by Crippen LogP contribution is -2.32. The Bertz CT molecular complexity index is 1310. The van der Waals surface area contributed by atoms with E-state index >= 15 is 0 Å². The minimum Gasteiger partial charge on any atom is -0.468 e. The second kappa shape index (κ2) is 10.4. The summed E-state index contributed by atoms with van der Waals surface area (Å²) >= 11 is 0. The van der Waals surface area contributed by atoms with E-state index in [-0.39, 0.29) is 24.8 Å². The number of pyridine rings is 1. The van der Waals surface area contributed by atoms with Crippen LogP contribution in [0.1, 0.15) is 49.0 Å². The molecule has 0 amide bonds. The summed E-state index contributed by atoms with van der Waals surface area (Å²) in [5.74, 6) is 0.857. The highest BCUT2D eigenvalue weighted by Crippen LogP contribution is 2.26. The number of nitrogens with zero attached hydrogens (tertiary/aromatic N) is 5. The first kappa shape index (κ1) is 23.4. The predicted octanol–water partition coefficient (Wildman–Crippen LogP) is 3.13. The van der Waals surface area contributed by atoms with Crippen molar-refractivity contribution in [2.24, 2.45) is 0 Å². The summed E-state index contributed by atoms with van der Waals surface area (Å²) in [5, 5.41) is 13.0. The molecule has 178 valence electrons. The van der Waals surface area contributed by atoms with E-state index in [2.05, 4.69) is 25.4 Å². The van der Waals surface area contributed by atoms with Crippen molar-refractivity contribution in [3.8, 4) is 0 Å². The lowest BCUT2D eigenvalue weighted by atomic mass is 10.1. The van der Waals surface area contributed by atoms with E-state index < -0.39 is 5.97 Å². The molecule has 0 spiro atoms. The Hall–Kier alpha value is -3.79. The normalized spacial score (nSPS) is 12.4. The summed E-state index contributed by atoms with van der Waals surface area (Å²) < 4.78 is 12.1. The van der Waals surface area contributed by atoms with Gasteiger partial charge in [0.15, 0.2) is 5.82 Å². The van der Waals surface area contributed by atoms with Crippen LogP contribution in [0.2, 0.25) is 0 Å². The molecule has 4 rings (SSSR count). The van der Waals surface area contributed by atoms with Crippen LogP contribution in [-0.4, -0.2) is 42.7 Å². The van der Waals surface area contributed by atoms with Gasteiger partial charge in [-0.3, -0.25) is 14.5 Å². The third-order valence-electron chi connectivity index (χ3n) is 5.66. The predicted molar refractivity (Wildman–Crippen MR) is 125 cm³/mol.